The number of likely N-dealkylation sites (tertiary alicyclic amines) is 1. The fraction of sp³-hybridized carbons (Fsp3) is 0.615. The van der Waals surface area contributed by atoms with Gasteiger partial charge in [-0.1, -0.05) is 6.92 Å². The average molecular weight is 295 g/mol. The van der Waals surface area contributed by atoms with Gasteiger partial charge in [0.1, 0.15) is 0 Å². The van der Waals surface area contributed by atoms with Crippen LogP contribution in [0.2, 0.25) is 0 Å². The van der Waals surface area contributed by atoms with Crippen LogP contribution < -0.4 is 4.90 Å². The highest BCUT2D eigenvalue weighted by Gasteiger charge is 2.27. The molecule has 0 bridgehead atoms. The normalized spacial score (nSPS) is 19.7. The third-order valence-corrected chi connectivity index (χ3v) is 4.18. The Morgan fingerprint density at radius 3 is 2.65 bits per heavy atom. The van der Waals surface area contributed by atoms with Gasteiger partial charge in [0.25, 0.3) is 0 Å². The first-order chi connectivity index (χ1) is 9.78. The molecule has 0 unspecified atom stereocenters. The Morgan fingerprint density at radius 1 is 1.35 bits per heavy atom. The second-order valence-electron chi connectivity index (χ2n) is 5.28. The second-order valence-corrected chi connectivity index (χ2v) is 5.90. The Kier molecular flexibility index (Phi) is 4.16. The number of nitrogens with zero attached hydrogens (tertiary/aromatic N) is 5. The molecule has 0 amide bonds. The molecule has 2 aliphatic heterocycles. The molecule has 1 aromatic rings. The molecule has 2 saturated heterocycles. The number of hydrogen-bond acceptors (Lipinski definition) is 6. The molecule has 5 nitrogen and oxygen atoms in total. The fourth-order valence-corrected chi connectivity index (χ4v) is 2.64. The molecule has 3 heterocycles. The fourth-order valence-electron chi connectivity index (χ4n) is 2.46. The van der Waals surface area contributed by atoms with E-state index in [9.17, 15) is 3.89 Å². The van der Waals surface area contributed by atoms with Gasteiger partial charge in [-0.2, -0.15) is 3.89 Å². The third kappa shape index (κ3) is 2.93. The van der Waals surface area contributed by atoms with Crippen molar-refractivity contribution in [1.29, 1.82) is 0 Å². The van der Waals surface area contributed by atoms with Gasteiger partial charge in [-0.3, -0.25) is 4.99 Å². The quantitative estimate of drug-likeness (QED) is 0.827. The van der Waals surface area contributed by atoms with Crippen molar-refractivity contribution in [3.8, 4) is 0 Å². The van der Waals surface area contributed by atoms with E-state index < -0.39 is 0 Å². The molecular formula is C13H18FN5S. The molecule has 0 atom stereocenters. The largest absolute Gasteiger partial charge is 0.330 e. The summed E-state index contributed by atoms with van der Waals surface area (Å²) in [6.07, 6.45) is 3.02. The lowest BCUT2D eigenvalue weighted by Crippen LogP contribution is -2.50. The maximum atomic E-state index is 12.3. The topological polar surface area (TPSA) is 44.6 Å². The molecule has 1 aromatic heterocycles. The van der Waals surface area contributed by atoms with Crippen molar-refractivity contribution in [2.24, 2.45) is 10.9 Å². The summed E-state index contributed by atoms with van der Waals surface area (Å²) in [6, 6.07) is 0. The Morgan fingerprint density at radius 2 is 2.05 bits per heavy atom. The van der Waals surface area contributed by atoms with Gasteiger partial charge in [-0.25, -0.2) is 9.97 Å². The Bertz CT molecular complexity index is 478. The highest BCUT2D eigenvalue weighted by atomic mass is 32.2. The van der Waals surface area contributed by atoms with Gasteiger partial charge in [0.2, 0.25) is 5.95 Å². The van der Waals surface area contributed by atoms with Crippen molar-refractivity contribution >= 4 is 23.8 Å². The van der Waals surface area contributed by atoms with Crippen LogP contribution in [0.1, 0.15) is 6.92 Å². The molecule has 0 spiro atoms. The first kappa shape index (κ1) is 13.8. The van der Waals surface area contributed by atoms with Crippen molar-refractivity contribution < 1.29 is 3.89 Å². The molecule has 0 N–H and O–H groups in total. The van der Waals surface area contributed by atoms with E-state index in [4.69, 9.17) is 0 Å². The Labute approximate surface area is 122 Å². The SMILES string of the molecule is CCN1CC(CN=C2CN(c3ncc(SF)cn3)C2)C1. The zero-order chi connectivity index (χ0) is 13.9. The van der Waals surface area contributed by atoms with Crippen LogP contribution in [0.5, 0.6) is 0 Å². The first-order valence-corrected chi connectivity index (χ1v) is 7.60. The van der Waals surface area contributed by atoms with Gasteiger partial charge in [-0.05, 0) is 6.54 Å². The van der Waals surface area contributed by atoms with Crippen LogP contribution in [-0.4, -0.2) is 59.8 Å². The summed E-state index contributed by atoms with van der Waals surface area (Å²) >= 11 is 0.166. The van der Waals surface area contributed by atoms with Gasteiger partial charge in [0, 0.05) is 37.9 Å². The third-order valence-electron chi connectivity index (χ3n) is 3.79. The van der Waals surface area contributed by atoms with Crippen LogP contribution in [-0.2, 0) is 0 Å². The minimum atomic E-state index is 0.166. The molecule has 0 aliphatic carbocycles. The molecule has 7 heteroatoms. The monoisotopic (exact) mass is 295 g/mol. The average Bonchev–Trinajstić information content (AvgIpc) is 2.39. The van der Waals surface area contributed by atoms with Crippen molar-refractivity contribution in [1.82, 2.24) is 14.9 Å². The number of aromatic nitrogens is 2. The summed E-state index contributed by atoms with van der Waals surface area (Å²) in [5.41, 5.74) is 1.22. The van der Waals surface area contributed by atoms with Crippen LogP contribution in [0.3, 0.4) is 0 Å². The number of aliphatic imine (C=N–C) groups is 1. The van der Waals surface area contributed by atoms with E-state index >= 15 is 0 Å². The van der Waals surface area contributed by atoms with E-state index in [0.717, 1.165) is 32.1 Å². The van der Waals surface area contributed by atoms with Gasteiger partial charge < -0.3 is 9.80 Å². The van der Waals surface area contributed by atoms with Crippen LogP contribution in [0, 0.1) is 5.92 Å². The van der Waals surface area contributed by atoms with E-state index in [1.165, 1.54) is 31.2 Å². The summed E-state index contributed by atoms with van der Waals surface area (Å²) in [4.78, 5) is 17.9. The van der Waals surface area contributed by atoms with Gasteiger partial charge >= 0.3 is 0 Å². The number of halogens is 1. The lowest BCUT2D eigenvalue weighted by Gasteiger charge is -2.38. The van der Waals surface area contributed by atoms with Crippen molar-refractivity contribution in [2.75, 3.05) is 44.2 Å². The van der Waals surface area contributed by atoms with Crippen molar-refractivity contribution in [3.05, 3.63) is 12.4 Å². The molecule has 2 aliphatic rings. The van der Waals surface area contributed by atoms with Crippen molar-refractivity contribution in [2.45, 2.75) is 11.8 Å². The summed E-state index contributed by atoms with van der Waals surface area (Å²) in [5.74, 6) is 1.39. The van der Waals surface area contributed by atoms with Crippen LogP contribution in [0.4, 0.5) is 9.83 Å². The number of anilines is 1. The Balaban J connectivity index is 1.43. The van der Waals surface area contributed by atoms with E-state index in [1.54, 1.807) is 0 Å². The smallest absolute Gasteiger partial charge is 0.226 e. The predicted octanol–water partition coefficient (Wildman–Crippen LogP) is 1.67. The maximum Gasteiger partial charge on any atom is 0.226 e. The Hall–Kier alpha value is -1.21. The minimum absolute atomic E-state index is 0.166. The van der Waals surface area contributed by atoms with Gasteiger partial charge in [-0.15, -0.1) is 0 Å². The maximum absolute atomic E-state index is 12.3. The van der Waals surface area contributed by atoms with Gasteiger partial charge in [0.15, 0.2) is 0 Å². The highest BCUT2D eigenvalue weighted by Crippen LogP contribution is 2.20. The zero-order valence-corrected chi connectivity index (χ0v) is 12.3. The summed E-state index contributed by atoms with van der Waals surface area (Å²) < 4.78 is 12.3. The van der Waals surface area contributed by atoms with Crippen LogP contribution in [0.15, 0.2) is 22.3 Å². The molecule has 3 rings (SSSR count). The number of rotatable bonds is 5. The van der Waals surface area contributed by atoms with E-state index in [1.807, 2.05) is 4.90 Å². The lowest BCUT2D eigenvalue weighted by atomic mass is 10.0. The summed E-state index contributed by atoms with van der Waals surface area (Å²) in [6.45, 7) is 8.24. The van der Waals surface area contributed by atoms with Crippen LogP contribution in [0.25, 0.3) is 0 Å². The molecule has 20 heavy (non-hydrogen) atoms. The van der Waals surface area contributed by atoms with Crippen molar-refractivity contribution in [3.63, 3.8) is 0 Å². The van der Waals surface area contributed by atoms with Crippen LogP contribution >= 0.6 is 12.1 Å². The second kappa shape index (κ2) is 6.05. The summed E-state index contributed by atoms with van der Waals surface area (Å²) in [5, 5.41) is 0. The molecule has 0 radical (unpaired) electrons. The standard InChI is InChI=1S/C13H18FN5S/c1-2-18-6-10(7-18)3-15-11-8-19(9-11)13-16-4-12(20-14)5-17-13/h4-5,10H,2-3,6-9H2,1H3. The number of hydrogen-bond donors (Lipinski definition) is 0. The molecule has 0 saturated carbocycles. The molecule has 108 valence electrons. The van der Waals surface area contributed by atoms with Gasteiger partial charge in [0.05, 0.1) is 35.8 Å². The van der Waals surface area contributed by atoms with E-state index in [2.05, 4.69) is 26.8 Å². The zero-order valence-electron chi connectivity index (χ0n) is 11.5. The highest BCUT2D eigenvalue weighted by molar-refractivity contribution is 7.94. The van der Waals surface area contributed by atoms with E-state index in [0.29, 0.717) is 10.8 Å². The lowest BCUT2D eigenvalue weighted by molar-refractivity contribution is 0.114. The molecule has 0 aromatic carbocycles. The molecular weight excluding hydrogens is 277 g/mol. The van der Waals surface area contributed by atoms with E-state index in [-0.39, 0.29) is 12.1 Å². The molecule has 2 fully saturated rings. The predicted molar refractivity (Wildman–Crippen MR) is 79.1 cm³/mol. The minimum Gasteiger partial charge on any atom is -0.330 e. The summed E-state index contributed by atoms with van der Waals surface area (Å²) in [7, 11) is 0. The first-order valence-electron chi connectivity index (χ1n) is 6.88.